The summed E-state index contributed by atoms with van der Waals surface area (Å²) in [5.41, 5.74) is -0.484. The van der Waals surface area contributed by atoms with E-state index >= 15 is 0 Å². The van der Waals surface area contributed by atoms with Gasteiger partial charge in [0.05, 0.1) is 0 Å². The van der Waals surface area contributed by atoms with Crippen molar-refractivity contribution in [3.8, 4) is 0 Å². The number of hydrogen-bond acceptors (Lipinski definition) is 3. The predicted octanol–water partition coefficient (Wildman–Crippen LogP) is 1.52. The Hall–Kier alpha value is -1.26. The van der Waals surface area contributed by atoms with Crippen LogP contribution in [0, 0.1) is 0 Å². The molecule has 0 bridgehead atoms. The molecule has 0 aromatic carbocycles. The number of ether oxygens (including phenoxy) is 1. The van der Waals surface area contributed by atoms with Crippen molar-refractivity contribution < 1.29 is 14.3 Å². The maximum absolute atomic E-state index is 12.0. The maximum Gasteiger partial charge on any atom is 0.410 e. The number of hydrogen-bond donors (Lipinski definition) is 1. The fourth-order valence-electron chi connectivity index (χ4n) is 1.91. The Balaban J connectivity index is 2.60. The van der Waals surface area contributed by atoms with E-state index in [9.17, 15) is 9.59 Å². The van der Waals surface area contributed by atoms with Gasteiger partial charge in [-0.15, -0.1) is 0 Å². The second kappa shape index (κ2) is 5.38. The molecule has 98 valence electrons. The average molecular weight is 242 g/mol. The summed E-state index contributed by atoms with van der Waals surface area (Å²) in [6.45, 7) is 8.07. The van der Waals surface area contributed by atoms with E-state index in [0.717, 1.165) is 12.8 Å². The fraction of sp³-hybridized carbons (Fsp3) is 0.833. The monoisotopic (exact) mass is 242 g/mol. The normalized spacial score (nSPS) is 25.3. The Labute approximate surface area is 102 Å². The molecule has 0 aromatic heterocycles. The number of nitrogens with zero attached hydrogens (tertiary/aromatic N) is 1. The summed E-state index contributed by atoms with van der Waals surface area (Å²) in [6.07, 6.45) is 2.17. The van der Waals surface area contributed by atoms with Crippen molar-refractivity contribution in [2.45, 2.75) is 58.2 Å². The number of piperidine rings is 1. The van der Waals surface area contributed by atoms with Crippen molar-refractivity contribution in [2.24, 2.45) is 0 Å². The van der Waals surface area contributed by atoms with Crippen LogP contribution in [0.3, 0.4) is 0 Å². The first kappa shape index (κ1) is 13.8. The Morgan fingerprint density at radius 3 is 2.59 bits per heavy atom. The van der Waals surface area contributed by atoms with Crippen molar-refractivity contribution in [1.82, 2.24) is 10.2 Å². The number of carbonyl (C=O) groups excluding carboxylic acids is 2. The quantitative estimate of drug-likeness (QED) is 0.747. The first-order chi connectivity index (χ1) is 7.83. The SMILES string of the molecule is C[C@@H]1CCC(NC=O)CN1C(=O)OC(C)(C)C. The molecule has 1 unspecified atom stereocenters. The Kier molecular flexibility index (Phi) is 4.37. The minimum atomic E-state index is -0.484. The summed E-state index contributed by atoms with van der Waals surface area (Å²) in [5, 5.41) is 2.72. The van der Waals surface area contributed by atoms with Gasteiger partial charge in [0.2, 0.25) is 6.41 Å². The molecule has 0 aromatic rings. The van der Waals surface area contributed by atoms with E-state index in [1.54, 1.807) is 4.90 Å². The van der Waals surface area contributed by atoms with E-state index in [2.05, 4.69) is 5.32 Å². The lowest BCUT2D eigenvalue weighted by molar-refractivity contribution is -0.110. The van der Waals surface area contributed by atoms with Crippen LogP contribution in [0.1, 0.15) is 40.5 Å². The lowest BCUT2D eigenvalue weighted by Crippen LogP contribution is -2.52. The molecule has 0 aliphatic carbocycles. The zero-order valence-electron chi connectivity index (χ0n) is 11.0. The molecule has 2 amide bonds. The Morgan fingerprint density at radius 1 is 1.41 bits per heavy atom. The molecule has 5 nitrogen and oxygen atoms in total. The highest BCUT2D eigenvalue weighted by Gasteiger charge is 2.31. The van der Waals surface area contributed by atoms with Crippen LogP contribution in [0.4, 0.5) is 4.79 Å². The lowest BCUT2D eigenvalue weighted by Gasteiger charge is -2.38. The van der Waals surface area contributed by atoms with Gasteiger partial charge >= 0.3 is 6.09 Å². The molecule has 1 rings (SSSR count). The third kappa shape index (κ3) is 4.24. The number of amides is 2. The summed E-state index contributed by atoms with van der Waals surface area (Å²) in [5.74, 6) is 0. The highest BCUT2D eigenvalue weighted by Crippen LogP contribution is 2.20. The van der Waals surface area contributed by atoms with E-state index < -0.39 is 5.60 Å². The van der Waals surface area contributed by atoms with Gasteiger partial charge in [-0.05, 0) is 40.5 Å². The minimum Gasteiger partial charge on any atom is -0.444 e. The largest absolute Gasteiger partial charge is 0.444 e. The standard InChI is InChI=1S/C12H22N2O3/c1-9-5-6-10(13-8-15)7-14(9)11(16)17-12(2,3)4/h8-10H,5-7H2,1-4H3,(H,13,15)/t9-,10?/m1/s1. The van der Waals surface area contributed by atoms with Gasteiger partial charge in [-0.2, -0.15) is 0 Å². The molecule has 17 heavy (non-hydrogen) atoms. The molecule has 1 saturated heterocycles. The topological polar surface area (TPSA) is 58.6 Å². The molecule has 0 spiro atoms. The molecule has 0 saturated carbocycles. The Morgan fingerprint density at radius 2 is 2.06 bits per heavy atom. The van der Waals surface area contributed by atoms with Gasteiger partial charge in [0.25, 0.3) is 0 Å². The minimum absolute atomic E-state index is 0.0382. The number of nitrogens with one attached hydrogen (secondary N) is 1. The molecule has 1 aliphatic heterocycles. The van der Waals surface area contributed by atoms with Crippen LogP contribution in [-0.2, 0) is 9.53 Å². The third-order valence-electron chi connectivity index (χ3n) is 2.81. The maximum atomic E-state index is 12.0. The van der Waals surface area contributed by atoms with Crippen LogP contribution < -0.4 is 5.32 Å². The zero-order chi connectivity index (χ0) is 13.1. The van der Waals surface area contributed by atoms with E-state index in [0.29, 0.717) is 13.0 Å². The van der Waals surface area contributed by atoms with Crippen molar-refractivity contribution in [3.05, 3.63) is 0 Å². The highest BCUT2D eigenvalue weighted by atomic mass is 16.6. The first-order valence-electron chi connectivity index (χ1n) is 6.03. The van der Waals surface area contributed by atoms with Crippen molar-refractivity contribution in [1.29, 1.82) is 0 Å². The lowest BCUT2D eigenvalue weighted by atomic mass is 10.00. The van der Waals surface area contributed by atoms with Crippen molar-refractivity contribution in [3.63, 3.8) is 0 Å². The molecular weight excluding hydrogens is 220 g/mol. The molecule has 5 heteroatoms. The predicted molar refractivity (Wildman–Crippen MR) is 64.6 cm³/mol. The first-order valence-corrected chi connectivity index (χ1v) is 6.03. The van der Waals surface area contributed by atoms with Crippen LogP contribution in [0.5, 0.6) is 0 Å². The molecule has 0 radical (unpaired) electrons. The van der Waals surface area contributed by atoms with Gasteiger partial charge in [0, 0.05) is 18.6 Å². The van der Waals surface area contributed by atoms with Crippen LogP contribution in [0.25, 0.3) is 0 Å². The molecule has 2 atom stereocenters. The van der Waals surface area contributed by atoms with Crippen LogP contribution in [0.15, 0.2) is 0 Å². The number of carbonyl (C=O) groups is 2. The van der Waals surface area contributed by atoms with Crippen LogP contribution in [0.2, 0.25) is 0 Å². The molecule has 1 heterocycles. The summed E-state index contributed by atoms with van der Waals surface area (Å²) >= 11 is 0. The van der Waals surface area contributed by atoms with Gasteiger partial charge in [-0.3, -0.25) is 4.79 Å². The van der Waals surface area contributed by atoms with E-state index in [4.69, 9.17) is 4.74 Å². The highest BCUT2D eigenvalue weighted by molar-refractivity contribution is 5.68. The van der Waals surface area contributed by atoms with Gasteiger partial charge in [0.15, 0.2) is 0 Å². The smallest absolute Gasteiger partial charge is 0.410 e. The summed E-state index contributed by atoms with van der Waals surface area (Å²) in [4.78, 5) is 24.1. The third-order valence-corrected chi connectivity index (χ3v) is 2.81. The van der Waals surface area contributed by atoms with Crippen LogP contribution >= 0.6 is 0 Å². The molecule has 1 fully saturated rings. The fourth-order valence-corrected chi connectivity index (χ4v) is 1.91. The average Bonchev–Trinajstić information content (AvgIpc) is 2.18. The van der Waals surface area contributed by atoms with Gasteiger partial charge < -0.3 is 15.0 Å². The van der Waals surface area contributed by atoms with Crippen LogP contribution in [-0.4, -0.2) is 41.6 Å². The second-order valence-corrected chi connectivity index (χ2v) is 5.54. The van der Waals surface area contributed by atoms with E-state index in [1.165, 1.54) is 0 Å². The van der Waals surface area contributed by atoms with Crippen molar-refractivity contribution in [2.75, 3.05) is 6.54 Å². The number of likely N-dealkylation sites (tertiary alicyclic amines) is 1. The van der Waals surface area contributed by atoms with Gasteiger partial charge in [-0.1, -0.05) is 0 Å². The summed E-state index contributed by atoms with van der Waals surface area (Å²) in [6, 6.07) is 0.200. The zero-order valence-corrected chi connectivity index (χ0v) is 11.0. The summed E-state index contributed by atoms with van der Waals surface area (Å²) < 4.78 is 5.34. The second-order valence-electron chi connectivity index (χ2n) is 5.54. The van der Waals surface area contributed by atoms with Gasteiger partial charge in [0.1, 0.15) is 5.60 Å². The molecule has 1 N–H and O–H groups in total. The van der Waals surface area contributed by atoms with Crippen molar-refractivity contribution >= 4 is 12.5 Å². The van der Waals surface area contributed by atoms with E-state index in [-0.39, 0.29) is 18.2 Å². The van der Waals surface area contributed by atoms with E-state index in [1.807, 2.05) is 27.7 Å². The summed E-state index contributed by atoms with van der Waals surface area (Å²) in [7, 11) is 0. The molecule has 1 aliphatic rings. The Bertz CT molecular complexity index is 286. The van der Waals surface area contributed by atoms with Gasteiger partial charge in [-0.25, -0.2) is 4.79 Å². The number of rotatable bonds is 2. The molecular formula is C12H22N2O3.